The molecule has 0 aromatic carbocycles. The number of pyridine rings is 1. The third-order valence-electron chi connectivity index (χ3n) is 2.29. The average Bonchev–Trinajstić information content (AvgIpc) is 2.33. The van der Waals surface area contributed by atoms with Crippen molar-refractivity contribution in [2.24, 2.45) is 0 Å². The van der Waals surface area contributed by atoms with Crippen molar-refractivity contribution in [2.45, 2.75) is 12.5 Å². The third-order valence-corrected chi connectivity index (χ3v) is 2.78. The van der Waals surface area contributed by atoms with E-state index in [4.69, 9.17) is 33.0 Å². The number of carbonyl (C=O) groups is 2. The molecule has 1 aromatic rings. The molecule has 0 spiro atoms. The predicted octanol–water partition coefficient (Wildman–Crippen LogP) is 1.61. The van der Waals surface area contributed by atoms with E-state index >= 15 is 0 Å². The summed E-state index contributed by atoms with van der Waals surface area (Å²) >= 11 is 11.4. The van der Waals surface area contributed by atoms with Gasteiger partial charge in [0, 0.05) is 13.7 Å². The summed E-state index contributed by atoms with van der Waals surface area (Å²) < 4.78 is 4.93. The van der Waals surface area contributed by atoms with Crippen molar-refractivity contribution in [3.63, 3.8) is 0 Å². The number of aliphatic carboxylic acids is 1. The zero-order valence-corrected chi connectivity index (χ0v) is 11.5. The van der Waals surface area contributed by atoms with E-state index in [0.29, 0.717) is 0 Å². The topological polar surface area (TPSA) is 88.5 Å². The van der Waals surface area contributed by atoms with Crippen molar-refractivity contribution in [1.82, 2.24) is 10.3 Å². The summed E-state index contributed by atoms with van der Waals surface area (Å²) in [6.45, 7) is 0.0561. The van der Waals surface area contributed by atoms with Crippen molar-refractivity contribution >= 4 is 35.1 Å². The van der Waals surface area contributed by atoms with Gasteiger partial charge in [0.25, 0.3) is 5.91 Å². The summed E-state index contributed by atoms with van der Waals surface area (Å²) in [5.41, 5.74) is 0.163. The predicted molar refractivity (Wildman–Crippen MR) is 69.6 cm³/mol. The van der Waals surface area contributed by atoms with Crippen molar-refractivity contribution in [3.05, 3.63) is 28.0 Å². The Morgan fingerprint density at radius 1 is 1.47 bits per heavy atom. The normalized spacial score (nSPS) is 11.9. The molecule has 1 aromatic heterocycles. The Balaban J connectivity index is 2.61. The molecule has 0 fully saturated rings. The molecule has 2 N–H and O–H groups in total. The van der Waals surface area contributed by atoms with Crippen molar-refractivity contribution < 1.29 is 19.4 Å². The standard InChI is InChI=1S/C11H12Cl2N2O4/c1-19-6(4-9(16)17)5-14-11(18)7-2-3-8(12)15-10(7)13/h2-3,6H,4-5H2,1H3,(H,14,18)(H,16,17). The number of halogens is 2. The van der Waals surface area contributed by atoms with Crippen LogP contribution in [-0.2, 0) is 9.53 Å². The first-order valence-corrected chi connectivity index (χ1v) is 6.04. The fourth-order valence-electron chi connectivity index (χ4n) is 1.32. The van der Waals surface area contributed by atoms with Crippen LogP contribution in [0.5, 0.6) is 0 Å². The number of carboxylic acids is 1. The number of nitrogens with one attached hydrogen (secondary N) is 1. The molecule has 0 aliphatic carbocycles. The van der Waals surface area contributed by atoms with Gasteiger partial charge in [-0.1, -0.05) is 23.2 Å². The summed E-state index contributed by atoms with van der Waals surface area (Å²) in [6.07, 6.45) is -0.816. The van der Waals surface area contributed by atoms with E-state index in [9.17, 15) is 9.59 Å². The largest absolute Gasteiger partial charge is 0.481 e. The van der Waals surface area contributed by atoms with Gasteiger partial charge in [0.2, 0.25) is 0 Å². The van der Waals surface area contributed by atoms with E-state index in [0.717, 1.165) is 0 Å². The molecule has 8 heteroatoms. The van der Waals surface area contributed by atoms with E-state index in [1.54, 1.807) is 0 Å². The Labute approximate surface area is 119 Å². The van der Waals surface area contributed by atoms with Crippen LogP contribution >= 0.6 is 23.2 Å². The molecule has 0 aliphatic rings. The van der Waals surface area contributed by atoms with E-state index in [-0.39, 0.29) is 28.8 Å². The molecule has 0 bridgehead atoms. The maximum Gasteiger partial charge on any atom is 0.306 e. The Bertz CT molecular complexity index is 482. The van der Waals surface area contributed by atoms with Gasteiger partial charge in [-0.25, -0.2) is 4.98 Å². The molecule has 104 valence electrons. The summed E-state index contributed by atoms with van der Waals surface area (Å²) in [5, 5.41) is 11.3. The van der Waals surface area contributed by atoms with Gasteiger partial charge < -0.3 is 15.2 Å². The van der Waals surface area contributed by atoms with Gasteiger partial charge in [0.05, 0.1) is 18.1 Å². The molecule has 0 aliphatic heterocycles. The molecule has 19 heavy (non-hydrogen) atoms. The van der Waals surface area contributed by atoms with Crippen molar-refractivity contribution in [1.29, 1.82) is 0 Å². The van der Waals surface area contributed by atoms with E-state index < -0.39 is 18.0 Å². The van der Waals surface area contributed by atoms with Crippen LogP contribution in [0.3, 0.4) is 0 Å². The lowest BCUT2D eigenvalue weighted by Gasteiger charge is -2.14. The van der Waals surface area contributed by atoms with Gasteiger partial charge in [0.1, 0.15) is 10.3 Å². The van der Waals surface area contributed by atoms with Gasteiger partial charge in [-0.3, -0.25) is 9.59 Å². The molecular formula is C11H12Cl2N2O4. The minimum absolute atomic E-state index is 0.0165. The van der Waals surface area contributed by atoms with Gasteiger partial charge >= 0.3 is 5.97 Å². The number of aromatic nitrogens is 1. The number of rotatable bonds is 6. The van der Waals surface area contributed by atoms with E-state index in [1.807, 2.05) is 0 Å². The maximum absolute atomic E-state index is 11.8. The summed E-state index contributed by atoms with van der Waals surface area (Å²) in [5.74, 6) is -1.48. The number of carbonyl (C=O) groups excluding carboxylic acids is 1. The minimum Gasteiger partial charge on any atom is -0.481 e. The quantitative estimate of drug-likeness (QED) is 0.779. The SMILES string of the molecule is COC(CNC(=O)c1ccc(Cl)nc1Cl)CC(=O)O. The molecule has 0 radical (unpaired) electrons. The Hall–Kier alpha value is -1.37. The van der Waals surface area contributed by atoms with Gasteiger partial charge in [-0.15, -0.1) is 0 Å². The fourth-order valence-corrected chi connectivity index (χ4v) is 1.75. The number of hydrogen-bond acceptors (Lipinski definition) is 4. The molecule has 6 nitrogen and oxygen atoms in total. The van der Waals surface area contributed by atoms with Crippen LogP contribution in [-0.4, -0.2) is 41.7 Å². The second kappa shape index (κ2) is 7.28. The van der Waals surface area contributed by atoms with Crippen molar-refractivity contribution in [2.75, 3.05) is 13.7 Å². The Morgan fingerprint density at radius 2 is 2.16 bits per heavy atom. The number of methoxy groups -OCH3 is 1. The van der Waals surface area contributed by atoms with Crippen LogP contribution in [0.4, 0.5) is 0 Å². The summed E-state index contributed by atoms with van der Waals surface area (Å²) in [4.78, 5) is 26.1. The second-order valence-electron chi connectivity index (χ2n) is 3.64. The van der Waals surface area contributed by atoms with Crippen LogP contribution < -0.4 is 5.32 Å². The zero-order chi connectivity index (χ0) is 14.4. The number of amides is 1. The highest BCUT2D eigenvalue weighted by molar-refractivity contribution is 6.34. The van der Waals surface area contributed by atoms with Gasteiger partial charge in [-0.05, 0) is 12.1 Å². The lowest BCUT2D eigenvalue weighted by molar-refractivity contribution is -0.139. The first-order valence-electron chi connectivity index (χ1n) is 5.29. The second-order valence-corrected chi connectivity index (χ2v) is 4.38. The van der Waals surface area contributed by atoms with Gasteiger partial charge in [-0.2, -0.15) is 0 Å². The lowest BCUT2D eigenvalue weighted by Crippen LogP contribution is -2.34. The smallest absolute Gasteiger partial charge is 0.306 e. The van der Waals surface area contributed by atoms with E-state index in [1.165, 1.54) is 19.2 Å². The molecule has 1 heterocycles. The number of ether oxygens (including phenoxy) is 1. The fraction of sp³-hybridized carbons (Fsp3) is 0.364. The zero-order valence-electron chi connectivity index (χ0n) is 10.0. The van der Waals surface area contributed by atoms with Crippen LogP contribution in [0.1, 0.15) is 16.8 Å². The average molecular weight is 307 g/mol. The van der Waals surface area contributed by atoms with E-state index in [2.05, 4.69) is 10.3 Å². The van der Waals surface area contributed by atoms with Crippen LogP contribution in [0, 0.1) is 0 Å². The molecule has 1 unspecified atom stereocenters. The third kappa shape index (κ3) is 5.02. The maximum atomic E-state index is 11.8. The molecule has 1 amide bonds. The molecule has 1 rings (SSSR count). The van der Waals surface area contributed by atoms with Crippen LogP contribution in [0.15, 0.2) is 12.1 Å². The number of nitrogens with zero attached hydrogens (tertiary/aromatic N) is 1. The minimum atomic E-state index is -1.01. The highest BCUT2D eigenvalue weighted by Crippen LogP contribution is 2.16. The van der Waals surface area contributed by atoms with Crippen molar-refractivity contribution in [3.8, 4) is 0 Å². The summed E-state index contributed by atoms with van der Waals surface area (Å²) in [7, 11) is 1.37. The first kappa shape index (κ1) is 15.7. The van der Waals surface area contributed by atoms with Crippen LogP contribution in [0.2, 0.25) is 10.3 Å². The first-order chi connectivity index (χ1) is 8.93. The monoisotopic (exact) mass is 306 g/mol. The highest BCUT2D eigenvalue weighted by atomic mass is 35.5. The number of carboxylic acid groups (broad SMARTS) is 1. The molecular weight excluding hydrogens is 295 g/mol. The Kier molecular flexibility index (Phi) is 6.01. The molecule has 1 atom stereocenters. The molecule has 0 saturated carbocycles. The van der Waals surface area contributed by atoms with Crippen LogP contribution in [0.25, 0.3) is 0 Å². The number of hydrogen-bond donors (Lipinski definition) is 2. The van der Waals surface area contributed by atoms with Gasteiger partial charge in [0.15, 0.2) is 0 Å². The highest BCUT2D eigenvalue weighted by Gasteiger charge is 2.16. The summed E-state index contributed by atoms with van der Waals surface area (Å²) in [6, 6.07) is 2.87. The molecule has 0 saturated heterocycles. The lowest BCUT2D eigenvalue weighted by atomic mass is 10.2. The Morgan fingerprint density at radius 3 is 2.68 bits per heavy atom.